The minimum Gasteiger partial charge on any atom is -0.345 e. The lowest BCUT2D eigenvalue weighted by Crippen LogP contribution is -2.32. The van der Waals surface area contributed by atoms with Crippen LogP contribution in [0, 0.1) is 24.0 Å². The maximum atomic E-state index is 12.3. The number of hydrogen-bond acceptors (Lipinski definition) is 4. The first-order valence-electron chi connectivity index (χ1n) is 7.04. The Kier molecular flexibility index (Phi) is 4.59. The molecular formula is C16H17N3O4. The van der Waals surface area contributed by atoms with Gasteiger partial charge in [0.25, 0.3) is 17.2 Å². The van der Waals surface area contributed by atoms with Gasteiger partial charge in [-0.15, -0.1) is 0 Å². The van der Waals surface area contributed by atoms with E-state index in [2.05, 4.69) is 10.3 Å². The molecule has 0 saturated carbocycles. The Balaban J connectivity index is 2.28. The van der Waals surface area contributed by atoms with E-state index in [0.29, 0.717) is 0 Å². The molecule has 0 bridgehead atoms. The number of aromatic nitrogens is 1. The summed E-state index contributed by atoms with van der Waals surface area (Å²) >= 11 is 0. The summed E-state index contributed by atoms with van der Waals surface area (Å²) in [6.07, 6.45) is 0.966. The number of nitro groups is 1. The van der Waals surface area contributed by atoms with E-state index in [9.17, 15) is 19.7 Å². The number of nitrogens with one attached hydrogen (secondary N) is 2. The predicted molar refractivity (Wildman–Crippen MR) is 85.5 cm³/mol. The number of hydrogen-bond donors (Lipinski definition) is 2. The van der Waals surface area contributed by atoms with Crippen molar-refractivity contribution >= 4 is 11.6 Å². The highest BCUT2D eigenvalue weighted by molar-refractivity contribution is 5.94. The van der Waals surface area contributed by atoms with Crippen molar-refractivity contribution in [1.82, 2.24) is 10.3 Å². The zero-order chi connectivity index (χ0) is 17.1. The molecule has 23 heavy (non-hydrogen) atoms. The molecule has 0 spiro atoms. The first-order chi connectivity index (χ1) is 10.8. The van der Waals surface area contributed by atoms with Gasteiger partial charge in [0.15, 0.2) is 0 Å². The Morgan fingerprint density at radius 2 is 2.00 bits per heavy atom. The lowest BCUT2D eigenvalue weighted by Gasteiger charge is -2.17. The lowest BCUT2D eigenvalue weighted by molar-refractivity contribution is -0.385. The maximum absolute atomic E-state index is 12.3. The number of pyridine rings is 1. The molecule has 2 N–H and O–H groups in total. The van der Waals surface area contributed by atoms with E-state index in [1.807, 2.05) is 32.0 Å². The van der Waals surface area contributed by atoms with E-state index >= 15 is 0 Å². The fourth-order valence-electron chi connectivity index (χ4n) is 2.32. The second-order valence-corrected chi connectivity index (χ2v) is 5.41. The molecule has 7 nitrogen and oxygen atoms in total. The van der Waals surface area contributed by atoms with E-state index in [1.165, 1.54) is 0 Å². The van der Waals surface area contributed by atoms with Gasteiger partial charge in [-0.2, -0.15) is 0 Å². The third-order valence-electron chi connectivity index (χ3n) is 3.59. The number of aryl methyl sites for hydroxylation is 2. The first-order valence-corrected chi connectivity index (χ1v) is 7.04. The van der Waals surface area contributed by atoms with E-state index in [4.69, 9.17) is 0 Å². The minimum absolute atomic E-state index is 0.281. The predicted octanol–water partition coefficient (Wildman–Crippen LogP) is 2.39. The number of benzene rings is 1. The smallest absolute Gasteiger partial charge is 0.286 e. The first kappa shape index (κ1) is 16.4. The van der Waals surface area contributed by atoms with E-state index in [-0.39, 0.29) is 17.3 Å². The molecule has 1 amide bonds. The molecule has 1 aromatic heterocycles. The average molecular weight is 315 g/mol. The Bertz CT molecular complexity index is 826. The molecule has 1 heterocycles. The summed E-state index contributed by atoms with van der Waals surface area (Å²) in [4.78, 5) is 36.3. The van der Waals surface area contributed by atoms with Gasteiger partial charge in [0.2, 0.25) is 0 Å². The highest BCUT2D eigenvalue weighted by atomic mass is 16.6. The molecule has 0 saturated heterocycles. The van der Waals surface area contributed by atoms with Crippen LogP contribution < -0.4 is 10.9 Å². The van der Waals surface area contributed by atoms with Crippen LogP contribution in [0.5, 0.6) is 0 Å². The Morgan fingerprint density at radius 3 is 2.65 bits per heavy atom. The number of carbonyl (C=O) groups is 1. The van der Waals surface area contributed by atoms with Crippen LogP contribution in [0.4, 0.5) is 5.69 Å². The van der Waals surface area contributed by atoms with Crippen molar-refractivity contribution in [3.63, 3.8) is 0 Å². The molecule has 1 atom stereocenters. The number of aromatic amines is 1. The van der Waals surface area contributed by atoms with Crippen LogP contribution in [0.2, 0.25) is 0 Å². The largest absolute Gasteiger partial charge is 0.345 e. The number of nitrogens with zero attached hydrogens (tertiary/aromatic N) is 1. The summed E-state index contributed by atoms with van der Waals surface area (Å²) < 4.78 is 0. The highest BCUT2D eigenvalue weighted by Crippen LogP contribution is 2.19. The van der Waals surface area contributed by atoms with E-state index in [0.717, 1.165) is 29.0 Å². The van der Waals surface area contributed by atoms with Gasteiger partial charge in [-0.25, -0.2) is 0 Å². The number of rotatable bonds is 4. The summed E-state index contributed by atoms with van der Waals surface area (Å²) in [6.45, 7) is 5.67. The van der Waals surface area contributed by atoms with Gasteiger partial charge < -0.3 is 10.3 Å². The van der Waals surface area contributed by atoms with Crippen LogP contribution in [0.1, 0.15) is 40.0 Å². The summed E-state index contributed by atoms with van der Waals surface area (Å²) in [5, 5.41) is 13.5. The molecular weight excluding hydrogens is 298 g/mol. The molecule has 0 aliphatic carbocycles. The van der Waals surface area contributed by atoms with Gasteiger partial charge >= 0.3 is 0 Å². The monoisotopic (exact) mass is 315 g/mol. The van der Waals surface area contributed by atoms with Gasteiger partial charge in [0.05, 0.1) is 17.2 Å². The van der Waals surface area contributed by atoms with Gasteiger partial charge in [-0.05, 0) is 31.9 Å². The summed E-state index contributed by atoms with van der Waals surface area (Å²) in [5.41, 5.74) is 1.71. The molecule has 0 fully saturated rings. The van der Waals surface area contributed by atoms with E-state index in [1.54, 1.807) is 6.92 Å². The zero-order valence-corrected chi connectivity index (χ0v) is 13.0. The van der Waals surface area contributed by atoms with Crippen molar-refractivity contribution in [3.05, 3.63) is 73.2 Å². The van der Waals surface area contributed by atoms with Gasteiger partial charge in [0, 0.05) is 6.07 Å². The SMILES string of the molecule is Cc1ccc(C)c(C(C)NC(=O)c2cc([N+](=O)[O-])c[nH]c2=O)c1. The van der Waals surface area contributed by atoms with Crippen molar-refractivity contribution in [1.29, 1.82) is 0 Å². The molecule has 2 rings (SSSR count). The third-order valence-corrected chi connectivity index (χ3v) is 3.59. The standard InChI is InChI=1S/C16H17N3O4/c1-9-4-5-10(2)13(6-9)11(3)18-16(21)14-7-12(19(22)23)8-17-15(14)20/h4-8,11H,1-3H3,(H,17,20)(H,18,21). The highest BCUT2D eigenvalue weighted by Gasteiger charge is 2.19. The summed E-state index contributed by atoms with van der Waals surface area (Å²) in [7, 11) is 0. The number of carbonyl (C=O) groups excluding carboxylic acids is 1. The van der Waals surface area contributed by atoms with Gasteiger partial charge in [-0.3, -0.25) is 19.7 Å². The quantitative estimate of drug-likeness (QED) is 0.667. The molecule has 0 aliphatic heterocycles. The molecule has 0 radical (unpaired) electrons. The average Bonchev–Trinajstić information content (AvgIpc) is 2.49. The zero-order valence-electron chi connectivity index (χ0n) is 13.0. The third kappa shape index (κ3) is 3.63. The fourth-order valence-corrected chi connectivity index (χ4v) is 2.32. The maximum Gasteiger partial charge on any atom is 0.286 e. The second kappa shape index (κ2) is 6.43. The van der Waals surface area contributed by atoms with Gasteiger partial charge in [0.1, 0.15) is 5.56 Å². The Labute approximate surface area is 132 Å². The minimum atomic E-state index is -0.666. The topological polar surface area (TPSA) is 105 Å². The molecule has 7 heteroatoms. The van der Waals surface area contributed by atoms with Crippen LogP contribution >= 0.6 is 0 Å². The van der Waals surface area contributed by atoms with Crippen LogP contribution in [0.25, 0.3) is 0 Å². The summed E-state index contributed by atoms with van der Waals surface area (Å²) in [5.74, 6) is -0.650. The molecule has 120 valence electrons. The number of H-pyrrole nitrogens is 1. The van der Waals surface area contributed by atoms with Crippen molar-refractivity contribution < 1.29 is 9.72 Å². The molecule has 1 unspecified atom stereocenters. The Morgan fingerprint density at radius 1 is 1.30 bits per heavy atom. The summed E-state index contributed by atoms with van der Waals surface area (Å²) in [6, 6.07) is 6.52. The second-order valence-electron chi connectivity index (χ2n) is 5.41. The lowest BCUT2D eigenvalue weighted by atomic mass is 10.00. The molecule has 0 aliphatic rings. The fraction of sp³-hybridized carbons (Fsp3) is 0.250. The van der Waals surface area contributed by atoms with Crippen molar-refractivity contribution in [2.24, 2.45) is 0 Å². The normalized spacial score (nSPS) is 11.8. The van der Waals surface area contributed by atoms with Crippen LogP contribution in [-0.4, -0.2) is 15.8 Å². The molecule has 2 aromatic rings. The van der Waals surface area contributed by atoms with Crippen LogP contribution in [0.15, 0.2) is 35.3 Å². The van der Waals surface area contributed by atoms with Crippen LogP contribution in [-0.2, 0) is 0 Å². The van der Waals surface area contributed by atoms with Gasteiger partial charge in [-0.1, -0.05) is 23.8 Å². The number of amides is 1. The van der Waals surface area contributed by atoms with E-state index < -0.39 is 16.4 Å². The van der Waals surface area contributed by atoms with Crippen molar-refractivity contribution in [3.8, 4) is 0 Å². The molecule has 1 aromatic carbocycles. The Hall–Kier alpha value is -2.96. The van der Waals surface area contributed by atoms with Crippen molar-refractivity contribution in [2.45, 2.75) is 26.8 Å². The van der Waals surface area contributed by atoms with Crippen LogP contribution in [0.3, 0.4) is 0 Å². The van der Waals surface area contributed by atoms with Crippen molar-refractivity contribution in [2.75, 3.05) is 0 Å².